The van der Waals surface area contributed by atoms with Gasteiger partial charge < -0.3 is 4.74 Å². The lowest BCUT2D eigenvalue weighted by molar-refractivity contribution is -0.141. The first-order valence-corrected chi connectivity index (χ1v) is 12.1. The van der Waals surface area contributed by atoms with Crippen molar-refractivity contribution < 1.29 is 13.9 Å². The van der Waals surface area contributed by atoms with Crippen molar-refractivity contribution in [2.75, 3.05) is 7.11 Å². The van der Waals surface area contributed by atoms with E-state index in [-0.39, 0.29) is 18.0 Å². The third kappa shape index (κ3) is 3.89. The summed E-state index contributed by atoms with van der Waals surface area (Å²) in [5.74, 6) is 0.398. The molecule has 0 fully saturated rings. The Balaban J connectivity index is 1.66. The van der Waals surface area contributed by atoms with Gasteiger partial charge in [0.05, 0.1) is 24.8 Å². The standard InChI is InChI=1S/C27H22FN5O2S/c1-14-15(2)36-27-24(14)25(30-22(12-23(34)35-4)26-32-31-16(3)33(26)27)18-7-5-17(6-8-18)19-9-10-21(28)20(11-19)13-29/h5-11,22H,12H2,1-4H3/t22-/m0/s1. The van der Waals surface area contributed by atoms with Gasteiger partial charge in [0.2, 0.25) is 0 Å². The number of aliphatic imine (C=N–C) groups is 1. The number of benzene rings is 2. The number of rotatable bonds is 4. The molecule has 0 aliphatic carbocycles. The van der Waals surface area contributed by atoms with Gasteiger partial charge in [0, 0.05) is 16.0 Å². The van der Waals surface area contributed by atoms with Crippen molar-refractivity contribution in [2.45, 2.75) is 33.2 Å². The van der Waals surface area contributed by atoms with Crippen LogP contribution in [0.2, 0.25) is 0 Å². The lowest BCUT2D eigenvalue weighted by Crippen LogP contribution is -2.12. The number of carbonyl (C=O) groups is 1. The molecular formula is C27H22FN5O2S. The van der Waals surface area contributed by atoms with Gasteiger partial charge in [-0.2, -0.15) is 5.26 Å². The number of aromatic nitrogens is 3. The minimum Gasteiger partial charge on any atom is -0.469 e. The predicted octanol–water partition coefficient (Wildman–Crippen LogP) is 5.39. The van der Waals surface area contributed by atoms with E-state index in [2.05, 4.69) is 24.0 Å². The van der Waals surface area contributed by atoms with Gasteiger partial charge in [-0.1, -0.05) is 30.3 Å². The van der Waals surface area contributed by atoms with Crippen LogP contribution in [0.5, 0.6) is 0 Å². The van der Waals surface area contributed by atoms with Crippen molar-refractivity contribution in [3.05, 3.63) is 87.1 Å². The van der Waals surface area contributed by atoms with Gasteiger partial charge >= 0.3 is 5.97 Å². The minimum absolute atomic E-state index is 0.00258. The summed E-state index contributed by atoms with van der Waals surface area (Å²) >= 11 is 1.64. The number of esters is 1. The van der Waals surface area contributed by atoms with E-state index in [1.807, 2.05) is 41.8 Å². The molecule has 4 aromatic rings. The summed E-state index contributed by atoms with van der Waals surface area (Å²) in [5, 5.41) is 18.8. The van der Waals surface area contributed by atoms with Crippen molar-refractivity contribution in [3.63, 3.8) is 0 Å². The normalized spacial score (nSPS) is 14.3. The van der Waals surface area contributed by atoms with Crippen LogP contribution in [0.1, 0.15) is 51.2 Å². The van der Waals surface area contributed by atoms with Gasteiger partial charge in [0.1, 0.15) is 28.8 Å². The molecule has 2 aromatic carbocycles. The van der Waals surface area contributed by atoms with E-state index in [1.165, 1.54) is 13.2 Å². The van der Waals surface area contributed by atoms with Crippen molar-refractivity contribution in [2.24, 2.45) is 4.99 Å². The average Bonchev–Trinajstić information content (AvgIpc) is 3.36. The molecular weight excluding hydrogens is 477 g/mol. The molecule has 0 radical (unpaired) electrons. The molecule has 0 bridgehead atoms. The Kier molecular flexibility index (Phi) is 5.98. The van der Waals surface area contributed by atoms with Crippen molar-refractivity contribution in [3.8, 4) is 22.2 Å². The first-order chi connectivity index (χ1) is 17.3. The second kappa shape index (κ2) is 9.13. The third-order valence-corrected chi connectivity index (χ3v) is 7.60. The highest BCUT2D eigenvalue weighted by Gasteiger charge is 2.32. The molecule has 0 saturated heterocycles. The average molecular weight is 500 g/mol. The van der Waals surface area contributed by atoms with Crippen molar-refractivity contribution in [1.29, 1.82) is 5.26 Å². The smallest absolute Gasteiger partial charge is 0.308 e. The Morgan fingerprint density at radius 3 is 2.50 bits per heavy atom. The van der Waals surface area contributed by atoms with E-state index in [0.717, 1.165) is 49.2 Å². The molecule has 0 unspecified atom stereocenters. The molecule has 1 atom stereocenters. The van der Waals surface area contributed by atoms with E-state index in [4.69, 9.17) is 9.73 Å². The van der Waals surface area contributed by atoms with Gasteiger partial charge in [-0.15, -0.1) is 21.5 Å². The Morgan fingerprint density at radius 1 is 1.11 bits per heavy atom. The van der Waals surface area contributed by atoms with E-state index >= 15 is 0 Å². The summed E-state index contributed by atoms with van der Waals surface area (Å²) in [6, 6.07) is 13.6. The summed E-state index contributed by atoms with van der Waals surface area (Å²) in [7, 11) is 1.36. The van der Waals surface area contributed by atoms with Crippen LogP contribution in [-0.2, 0) is 9.53 Å². The molecule has 5 rings (SSSR count). The van der Waals surface area contributed by atoms with Crippen LogP contribution >= 0.6 is 11.3 Å². The number of ether oxygens (including phenoxy) is 1. The quantitative estimate of drug-likeness (QED) is 0.351. The first kappa shape index (κ1) is 23.6. The number of aryl methyl sites for hydroxylation is 2. The van der Waals surface area contributed by atoms with Crippen LogP contribution in [-0.4, -0.2) is 33.6 Å². The van der Waals surface area contributed by atoms with E-state index in [0.29, 0.717) is 5.82 Å². The van der Waals surface area contributed by atoms with Crippen LogP contribution < -0.4 is 0 Å². The fraction of sp³-hybridized carbons (Fsp3) is 0.222. The van der Waals surface area contributed by atoms with Crippen LogP contribution in [0, 0.1) is 37.9 Å². The largest absolute Gasteiger partial charge is 0.469 e. The second-order valence-corrected chi connectivity index (χ2v) is 9.76. The maximum absolute atomic E-state index is 13.8. The molecule has 7 nitrogen and oxygen atoms in total. The second-order valence-electron chi connectivity index (χ2n) is 8.56. The number of halogens is 1. The molecule has 1 aliphatic heterocycles. The van der Waals surface area contributed by atoms with Gasteiger partial charge in [0.15, 0.2) is 5.82 Å². The number of methoxy groups -OCH3 is 1. The number of fused-ring (bicyclic) bond motifs is 3. The van der Waals surface area contributed by atoms with Crippen molar-refractivity contribution >= 4 is 23.0 Å². The Hall–Kier alpha value is -4.16. The summed E-state index contributed by atoms with van der Waals surface area (Å²) in [4.78, 5) is 18.5. The maximum atomic E-state index is 13.8. The molecule has 2 aromatic heterocycles. The highest BCUT2D eigenvalue weighted by atomic mass is 32.1. The number of nitrogens with zero attached hydrogens (tertiary/aromatic N) is 5. The highest BCUT2D eigenvalue weighted by molar-refractivity contribution is 7.15. The van der Waals surface area contributed by atoms with Crippen LogP contribution in [0.25, 0.3) is 16.1 Å². The number of thiophene rings is 1. The molecule has 0 amide bonds. The number of carbonyl (C=O) groups excluding carboxylic acids is 1. The van der Waals surface area contributed by atoms with E-state index in [1.54, 1.807) is 23.5 Å². The van der Waals surface area contributed by atoms with Gasteiger partial charge in [-0.25, -0.2) is 4.39 Å². The van der Waals surface area contributed by atoms with Crippen LogP contribution in [0.3, 0.4) is 0 Å². The first-order valence-electron chi connectivity index (χ1n) is 11.3. The molecule has 9 heteroatoms. The molecule has 3 heterocycles. The van der Waals surface area contributed by atoms with Crippen LogP contribution in [0.15, 0.2) is 47.5 Å². The van der Waals surface area contributed by atoms with E-state index in [9.17, 15) is 14.4 Å². The third-order valence-electron chi connectivity index (χ3n) is 6.41. The molecule has 1 aliphatic rings. The zero-order valence-electron chi connectivity index (χ0n) is 20.2. The predicted molar refractivity (Wildman–Crippen MR) is 135 cm³/mol. The number of nitriles is 1. The topological polar surface area (TPSA) is 93.2 Å². The fourth-order valence-electron chi connectivity index (χ4n) is 4.38. The summed E-state index contributed by atoms with van der Waals surface area (Å²) in [6.45, 7) is 6.02. The van der Waals surface area contributed by atoms with Gasteiger partial charge in [-0.3, -0.25) is 14.4 Å². The molecule has 0 spiro atoms. The monoisotopic (exact) mass is 499 g/mol. The zero-order chi connectivity index (χ0) is 25.6. The summed E-state index contributed by atoms with van der Waals surface area (Å²) in [5.41, 5.74) is 5.31. The maximum Gasteiger partial charge on any atom is 0.308 e. The van der Waals surface area contributed by atoms with Crippen LogP contribution in [0.4, 0.5) is 4.39 Å². The number of hydrogen-bond acceptors (Lipinski definition) is 7. The molecule has 36 heavy (non-hydrogen) atoms. The zero-order valence-corrected chi connectivity index (χ0v) is 21.0. The van der Waals surface area contributed by atoms with E-state index < -0.39 is 11.9 Å². The summed E-state index contributed by atoms with van der Waals surface area (Å²) < 4.78 is 20.7. The molecule has 180 valence electrons. The van der Waals surface area contributed by atoms with Crippen molar-refractivity contribution in [1.82, 2.24) is 14.8 Å². The Labute approximate surface area is 211 Å². The lowest BCUT2D eigenvalue weighted by Gasteiger charge is -2.12. The molecule has 0 N–H and O–H groups in total. The molecule has 0 saturated carbocycles. The lowest BCUT2D eigenvalue weighted by atomic mass is 9.96. The van der Waals surface area contributed by atoms with Gasteiger partial charge in [0.25, 0.3) is 0 Å². The van der Waals surface area contributed by atoms with Gasteiger partial charge in [-0.05, 0) is 49.6 Å². The summed E-state index contributed by atoms with van der Waals surface area (Å²) in [6.07, 6.45) is 0.0374. The Bertz CT molecular complexity index is 1580. The minimum atomic E-state index is -0.567. The number of hydrogen-bond donors (Lipinski definition) is 0. The fourth-order valence-corrected chi connectivity index (χ4v) is 5.59. The highest BCUT2D eigenvalue weighted by Crippen LogP contribution is 2.39. The Morgan fingerprint density at radius 2 is 1.81 bits per heavy atom. The SMILES string of the molecule is COC(=O)C[C@@H]1N=C(c2ccc(-c3ccc(F)c(C#N)c3)cc2)c2c(sc(C)c2C)-n2c(C)nnc21.